The maximum Gasteiger partial charge on any atom is 0.335 e. The van der Waals surface area contributed by atoms with Crippen molar-refractivity contribution in [2.24, 2.45) is 0 Å². The van der Waals surface area contributed by atoms with Crippen LogP contribution < -0.4 is 4.74 Å². The van der Waals surface area contributed by atoms with E-state index in [1.165, 1.54) is 0 Å². The van der Waals surface area contributed by atoms with E-state index in [9.17, 15) is 9.90 Å². The number of hydrogen-bond donors (Lipinski definition) is 1. The van der Waals surface area contributed by atoms with Crippen LogP contribution in [0.3, 0.4) is 0 Å². The minimum Gasteiger partial charge on any atom is -0.494 e. The van der Waals surface area contributed by atoms with E-state index in [0.717, 1.165) is 45.1 Å². The van der Waals surface area contributed by atoms with Gasteiger partial charge in [-0.3, -0.25) is 0 Å². The molecule has 7 heteroatoms. The van der Waals surface area contributed by atoms with Crippen molar-refractivity contribution in [3.8, 4) is 39.5 Å². The van der Waals surface area contributed by atoms with Crippen molar-refractivity contribution in [3.05, 3.63) is 118 Å². The van der Waals surface area contributed by atoms with Gasteiger partial charge in [0.25, 0.3) is 0 Å². The molecule has 0 bridgehead atoms. The summed E-state index contributed by atoms with van der Waals surface area (Å²) in [6, 6.07) is 28.5. The molecule has 0 saturated heterocycles. The van der Waals surface area contributed by atoms with E-state index >= 15 is 0 Å². The lowest BCUT2D eigenvalue weighted by Crippen LogP contribution is -2.02. The summed E-state index contributed by atoms with van der Waals surface area (Å²) in [5, 5.41) is 10.3. The van der Waals surface area contributed by atoms with Crippen LogP contribution >= 0.6 is 23.2 Å². The number of halogens is 2. The number of hydrogen-bond acceptors (Lipinski definition) is 3. The SMILES string of the molecule is CCOc1ccc(-c2ccc(-c3nc(-c4ccc(Cl)cc4Cl)cn3Cc3ccc(C(=O)O)cc3)cc2)cc1. The molecule has 38 heavy (non-hydrogen) atoms. The molecule has 1 N–H and O–H groups in total. The van der Waals surface area contributed by atoms with Crippen LogP contribution in [0, 0.1) is 0 Å². The molecule has 190 valence electrons. The highest BCUT2D eigenvalue weighted by Gasteiger charge is 2.15. The summed E-state index contributed by atoms with van der Waals surface area (Å²) in [7, 11) is 0. The number of ether oxygens (including phenoxy) is 1. The van der Waals surface area contributed by atoms with Gasteiger partial charge in [-0.15, -0.1) is 0 Å². The Kier molecular flexibility index (Phi) is 7.50. The highest BCUT2D eigenvalue weighted by atomic mass is 35.5. The third kappa shape index (κ3) is 5.59. The molecule has 0 fully saturated rings. The molecule has 0 radical (unpaired) electrons. The summed E-state index contributed by atoms with van der Waals surface area (Å²) >= 11 is 12.6. The Morgan fingerprint density at radius 1 is 0.868 bits per heavy atom. The van der Waals surface area contributed by atoms with Crippen LogP contribution in [0.25, 0.3) is 33.8 Å². The summed E-state index contributed by atoms with van der Waals surface area (Å²) in [5.74, 6) is 0.665. The minimum atomic E-state index is -0.952. The molecule has 0 atom stereocenters. The van der Waals surface area contributed by atoms with Gasteiger partial charge >= 0.3 is 5.97 Å². The smallest absolute Gasteiger partial charge is 0.335 e. The van der Waals surface area contributed by atoms with Gasteiger partial charge < -0.3 is 14.4 Å². The van der Waals surface area contributed by atoms with E-state index in [4.69, 9.17) is 32.9 Å². The van der Waals surface area contributed by atoms with Crippen molar-refractivity contribution in [1.82, 2.24) is 9.55 Å². The van der Waals surface area contributed by atoms with Gasteiger partial charge in [0.2, 0.25) is 0 Å². The second-order valence-corrected chi connectivity index (χ2v) is 9.58. The van der Waals surface area contributed by atoms with Crippen molar-refractivity contribution < 1.29 is 14.6 Å². The van der Waals surface area contributed by atoms with Crippen LogP contribution in [-0.2, 0) is 6.54 Å². The molecule has 5 nitrogen and oxygen atoms in total. The first-order valence-corrected chi connectivity index (χ1v) is 12.9. The molecule has 5 rings (SSSR count). The Labute approximate surface area is 230 Å². The molecular formula is C31H24Cl2N2O3. The molecule has 1 heterocycles. The number of rotatable bonds is 8. The van der Waals surface area contributed by atoms with Crippen molar-refractivity contribution in [2.75, 3.05) is 6.61 Å². The molecular weight excluding hydrogens is 519 g/mol. The number of benzene rings is 4. The minimum absolute atomic E-state index is 0.248. The number of carbonyl (C=O) groups is 1. The van der Waals surface area contributed by atoms with Crippen molar-refractivity contribution >= 4 is 29.2 Å². The third-order valence-electron chi connectivity index (χ3n) is 6.18. The average molecular weight is 543 g/mol. The third-order valence-corrected chi connectivity index (χ3v) is 6.73. The highest BCUT2D eigenvalue weighted by molar-refractivity contribution is 6.36. The summed E-state index contributed by atoms with van der Waals surface area (Å²) in [5.41, 5.74) is 5.82. The van der Waals surface area contributed by atoms with Gasteiger partial charge in [-0.25, -0.2) is 9.78 Å². The summed E-state index contributed by atoms with van der Waals surface area (Å²) < 4.78 is 7.59. The zero-order valence-electron chi connectivity index (χ0n) is 20.6. The van der Waals surface area contributed by atoms with Gasteiger partial charge in [0.1, 0.15) is 11.6 Å². The Morgan fingerprint density at radius 2 is 1.50 bits per heavy atom. The van der Waals surface area contributed by atoms with Crippen molar-refractivity contribution in [2.45, 2.75) is 13.5 Å². The van der Waals surface area contributed by atoms with E-state index in [1.807, 2.05) is 72.3 Å². The van der Waals surface area contributed by atoms with Gasteiger partial charge in [-0.1, -0.05) is 71.7 Å². The van der Waals surface area contributed by atoms with Gasteiger partial charge in [-0.05, 0) is 66.1 Å². The molecule has 0 aliphatic heterocycles. The van der Waals surface area contributed by atoms with Crippen molar-refractivity contribution in [3.63, 3.8) is 0 Å². The van der Waals surface area contributed by atoms with E-state index < -0.39 is 5.97 Å². The number of imidazole rings is 1. The van der Waals surface area contributed by atoms with E-state index in [0.29, 0.717) is 23.2 Å². The predicted octanol–water partition coefficient (Wildman–Crippen LogP) is 8.34. The lowest BCUT2D eigenvalue weighted by Gasteiger charge is -2.10. The lowest BCUT2D eigenvalue weighted by molar-refractivity contribution is 0.0697. The summed E-state index contributed by atoms with van der Waals surface area (Å²) in [6.45, 7) is 3.11. The monoisotopic (exact) mass is 542 g/mol. The van der Waals surface area contributed by atoms with Crippen LogP contribution in [0.4, 0.5) is 0 Å². The largest absolute Gasteiger partial charge is 0.494 e. The number of aromatic nitrogens is 2. The Hall–Kier alpha value is -4.06. The van der Waals surface area contributed by atoms with Gasteiger partial charge in [0.05, 0.1) is 22.9 Å². The lowest BCUT2D eigenvalue weighted by atomic mass is 10.0. The maximum absolute atomic E-state index is 11.3. The van der Waals surface area contributed by atoms with Crippen LogP contribution in [0.1, 0.15) is 22.8 Å². The first-order valence-electron chi connectivity index (χ1n) is 12.1. The van der Waals surface area contributed by atoms with Gasteiger partial charge in [0.15, 0.2) is 0 Å². The van der Waals surface area contributed by atoms with Gasteiger partial charge in [0, 0.05) is 28.9 Å². The molecule has 0 saturated carbocycles. The number of carboxylic acids is 1. The number of aromatic carboxylic acids is 1. The molecule has 0 spiro atoms. The van der Waals surface area contributed by atoms with Crippen molar-refractivity contribution in [1.29, 1.82) is 0 Å². The van der Waals surface area contributed by atoms with Crippen LogP contribution in [0.15, 0.2) is 97.2 Å². The van der Waals surface area contributed by atoms with Crippen LogP contribution in [-0.4, -0.2) is 27.2 Å². The van der Waals surface area contributed by atoms with E-state index in [2.05, 4.69) is 12.1 Å². The van der Waals surface area contributed by atoms with E-state index in [-0.39, 0.29) is 5.56 Å². The predicted molar refractivity (Wildman–Crippen MR) is 152 cm³/mol. The van der Waals surface area contributed by atoms with Crippen LogP contribution in [0.2, 0.25) is 10.0 Å². The molecule has 4 aromatic carbocycles. The topological polar surface area (TPSA) is 64.4 Å². The Morgan fingerprint density at radius 3 is 2.11 bits per heavy atom. The fourth-order valence-corrected chi connectivity index (χ4v) is 4.77. The summed E-state index contributed by atoms with van der Waals surface area (Å²) in [6.07, 6.45) is 1.95. The molecule has 5 aromatic rings. The first kappa shape index (κ1) is 25.6. The molecule has 0 unspecified atom stereocenters. The highest BCUT2D eigenvalue weighted by Crippen LogP contribution is 2.33. The standard InChI is InChI=1S/C31H24Cl2N2O3/c1-2-38-26-14-11-22(12-15-26)21-7-9-23(10-8-21)30-34-29(27-16-13-25(32)17-28(27)33)19-35(30)18-20-3-5-24(6-4-20)31(36)37/h3-17,19H,2,18H2,1H3,(H,36,37). The zero-order chi connectivity index (χ0) is 26.6. The molecule has 0 amide bonds. The van der Waals surface area contributed by atoms with Gasteiger partial charge in [-0.2, -0.15) is 0 Å². The first-order chi connectivity index (χ1) is 18.4. The number of carboxylic acid groups (broad SMARTS) is 1. The quantitative estimate of drug-likeness (QED) is 0.214. The Bertz CT molecular complexity index is 1580. The second kappa shape index (κ2) is 11.1. The number of nitrogens with zero attached hydrogens (tertiary/aromatic N) is 2. The average Bonchev–Trinajstić information content (AvgIpc) is 3.33. The molecule has 0 aliphatic rings. The zero-order valence-corrected chi connectivity index (χ0v) is 22.1. The normalized spacial score (nSPS) is 10.9. The molecule has 0 aliphatic carbocycles. The maximum atomic E-state index is 11.3. The molecule has 1 aromatic heterocycles. The van der Waals surface area contributed by atoms with Crippen LogP contribution in [0.5, 0.6) is 5.75 Å². The summed E-state index contributed by atoms with van der Waals surface area (Å²) in [4.78, 5) is 16.2. The Balaban J connectivity index is 1.51. The fraction of sp³-hybridized carbons (Fsp3) is 0.0968. The fourth-order valence-electron chi connectivity index (χ4n) is 4.27. The van der Waals surface area contributed by atoms with E-state index in [1.54, 1.807) is 24.3 Å². The second-order valence-electron chi connectivity index (χ2n) is 8.74.